The van der Waals surface area contributed by atoms with Gasteiger partial charge in [0.05, 0.1) is 0 Å². The average molecular weight is 211 g/mol. The summed E-state index contributed by atoms with van der Waals surface area (Å²) in [5.74, 6) is 1.70. The standard InChI is InChI=1S/C9H9NOS2/c10-9(12)7-5-13-8-4-2-1-3-6(8)11-7/h1-4,7H,5H2,(H2,10,12). The van der Waals surface area contributed by atoms with Crippen molar-refractivity contribution >= 4 is 29.0 Å². The molecule has 1 aromatic carbocycles. The lowest BCUT2D eigenvalue weighted by Crippen LogP contribution is -2.36. The second-order valence-electron chi connectivity index (χ2n) is 2.77. The zero-order valence-electron chi connectivity index (χ0n) is 6.90. The summed E-state index contributed by atoms with van der Waals surface area (Å²) in [5.41, 5.74) is 5.52. The first-order valence-electron chi connectivity index (χ1n) is 3.95. The minimum absolute atomic E-state index is 0.116. The van der Waals surface area contributed by atoms with Gasteiger partial charge in [0.25, 0.3) is 0 Å². The van der Waals surface area contributed by atoms with Gasteiger partial charge >= 0.3 is 0 Å². The maximum absolute atomic E-state index is 5.61. The van der Waals surface area contributed by atoms with Gasteiger partial charge in [-0.2, -0.15) is 0 Å². The van der Waals surface area contributed by atoms with E-state index in [1.807, 2.05) is 24.3 Å². The Bertz CT molecular complexity index is 340. The fraction of sp³-hybridized carbons (Fsp3) is 0.222. The number of hydrogen-bond donors (Lipinski definition) is 1. The minimum atomic E-state index is -0.116. The first-order chi connectivity index (χ1) is 6.27. The van der Waals surface area contributed by atoms with Gasteiger partial charge in [-0.3, -0.25) is 0 Å². The SMILES string of the molecule is NC(=S)C1CSc2ccccc2O1. The van der Waals surface area contributed by atoms with Gasteiger partial charge in [0, 0.05) is 10.6 Å². The van der Waals surface area contributed by atoms with Crippen molar-refractivity contribution in [3.05, 3.63) is 24.3 Å². The van der Waals surface area contributed by atoms with E-state index >= 15 is 0 Å². The Labute approximate surface area is 86.5 Å². The molecule has 0 radical (unpaired) electrons. The van der Waals surface area contributed by atoms with Gasteiger partial charge in [-0.25, -0.2) is 0 Å². The van der Waals surface area contributed by atoms with E-state index in [0.717, 1.165) is 16.4 Å². The van der Waals surface area contributed by atoms with Gasteiger partial charge in [0.1, 0.15) is 10.7 Å². The summed E-state index contributed by atoms with van der Waals surface area (Å²) < 4.78 is 5.61. The van der Waals surface area contributed by atoms with E-state index in [2.05, 4.69) is 0 Å². The fourth-order valence-corrected chi connectivity index (χ4v) is 2.41. The van der Waals surface area contributed by atoms with E-state index in [4.69, 9.17) is 22.7 Å². The molecular weight excluding hydrogens is 202 g/mol. The molecule has 0 saturated heterocycles. The van der Waals surface area contributed by atoms with E-state index in [-0.39, 0.29) is 6.10 Å². The predicted molar refractivity (Wildman–Crippen MR) is 58.4 cm³/mol. The maximum Gasteiger partial charge on any atom is 0.158 e. The molecule has 0 saturated carbocycles. The number of thiocarbonyl (C=S) groups is 1. The van der Waals surface area contributed by atoms with Crippen LogP contribution in [0, 0.1) is 0 Å². The number of hydrogen-bond acceptors (Lipinski definition) is 3. The molecule has 0 aliphatic carbocycles. The Balaban J connectivity index is 2.24. The van der Waals surface area contributed by atoms with Crippen LogP contribution in [0.2, 0.25) is 0 Å². The van der Waals surface area contributed by atoms with Crippen LogP contribution in [-0.2, 0) is 0 Å². The van der Waals surface area contributed by atoms with Crippen molar-refractivity contribution in [3.8, 4) is 5.75 Å². The van der Waals surface area contributed by atoms with Crippen LogP contribution in [-0.4, -0.2) is 16.8 Å². The summed E-state index contributed by atoms with van der Waals surface area (Å²) in [6.45, 7) is 0. The molecule has 2 rings (SSSR count). The summed E-state index contributed by atoms with van der Waals surface area (Å²) in [6.07, 6.45) is -0.116. The van der Waals surface area contributed by atoms with E-state index in [9.17, 15) is 0 Å². The summed E-state index contributed by atoms with van der Waals surface area (Å²) >= 11 is 6.62. The Morgan fingerprint density at radius 3 is 3.08 bits per heavy atom. The molecule has 0 spiro atoms. The number of rotatable bonds is 1. The highest BCUT2D eigenvalue weighted by atomic mass is 32.2. The average Bonchev–Trinajstić information content (AvgIpc) is 2.17. The Kier molecular flexibility index (Phi) is 2.42. The molecular formula is C9H9NOS2. The molecule has 2 nitrogen and oxygen atoms in total. The lowest BCUT2D eigenvalue weighted by molar-refractivity contribution is 0.280. The molecule has 13 heavy (non-hydrogen) atoms. The van der Waals surface area contributed by atoms with Gasteiger partial charge in [0.15, 0.2) is 6.10 Å². The van der Waals surface area contributed by atoms with E-state index in [1.165, 1.54) is 0 Å². The van der Waals surface area contributed by atoms with Crippen LogP contribution in [0.25, 0.3) is 0 Å². The van der Waals surface area contributed by atoms with Crippen molar-refractivity contribution in [1.82, 2.24) is 0 Å². The number of ether oxygens (including phenoxy) is 1. The summed E-state index contributed by atoms with van der Waals surface area (Å²) in [6, 6.07) is 7.92. The second kappa shape index (κ2) is 3.55. The van der Waals surface area contributed by atoms with Crippen LogP contribution in [0.15, 0.2) is 29.2 Å². The molecule has 0 fully saturated rings. The minimum Gasteiger partial charge on any atom is -0.481 e. The van der Waals surface area contributed by atoms with Crippen molar-refractivity contribution < 1.29 is 4.74 Å². The number of nitrogens with two attached hydrogens (primary N) is 1. The van der Waals surface area contributed by atoms with Gasteiger partial charge in [-0.05, 0) is 12.1 Å². The Morgan fingerprint density at radius 2 is 2.31 bits per heavy atom. The molecule has 1 aliphatic rings. The smallest absolute Gasteiger partial charge is 0.158 e. The van der Waals surface area contributed by atoms with Crippen LogP contribution in [0.3, 0.4) is 0 Å². The van der Waals surface area contributed by atoms with Crippen molar-refractivity contribution in [2.75, 3.05) is 5.75 Å². The molecule has 0 amide bonds. The summed E-state index contributed by atoms with van der Waals surface area (Å²) in [5, 5.41) is 0. The molecule has 1 aromatic rings. The molecule has 1 heterocycles. The highest BCUT2D eigenvalue weighted by molar-refractivity contribution is 7.99. The van der Waals surface area contributed by atoms with Gasteiger partial charge in [-0.15, -0.1) is 11.8 Å². The van der Waals surface area contributed by atoms with Crippen molar-refractivity contribution in [1.29, 1.82) is 0 Å². The predicted octanol–water partition coefficient (Wildman–Crippen LogP) is 1.83. The lowest BCUT2D eigenvalue weighted by atomic mass is 10.3. The van der Waals surface area contributed by atoms with Crippen LogP contribution in [0.1, 0.15) is 0 Å². The third-order valence-electron chi connectivity index (χ3n) is 1.83. The second-order valence-corrected chi connectivity index (χ2v) is 4.30. The molecule has 0 bridgehead atoms. The molecule has 0 aromatic heterocycles. The largest absolute Gasteiger partial charge is 0.481 e. The first kappa shape index (κ1) is 8.84. The van der Waals surface area contributed by atoms with Crippen molar-refractivity contribution in [3.63, 3.8) is 0 Å². The lowest BCUT2D eigenvalue weighted by Gasteiger charge is -2.24. The molecule has 68 valence electrons. The van der Waals surface area contributed by atoms with Crippen molar-refractivity contribution in [2.24, 2.45) is 5.73 Å². The Morgan fingerprint density at radius 1 is 1.54 bits per heavy atom. The highest BCUT2D eigenvalue weighted by Gasteiger charge is 2.21. The molecule has 1 aliphatic heterocycles. The molecule has 1 atom stereocenters. The quantitative estimate of drug-likeness (QED) is 0.719. The molecule has 4 heteroatoms. The maximum atomic E-state index is 5.61. The van der Waals surface area contributed by atoms with E-state index < -0.39 is 0 Å². The van der Waals surface area contributed by atoms with Gasteiger partial charge in [-0.1, -0.05) is 24.4 Å². The van der Waals surface area contributed by atoms with Crippen LogP contribution < -0.4 is 10.5 Å². The van der Waals surface area contributed by atoms with E-state index in [0.29, 0.717) is 4.99 Å². The van der Waals surface area contributed by atoms with Gasteiger partial charge in [0.2, 0.25) is 0 Å². The van der Waals surface area contributed by atoms with Gasteiger partial charge < -0.3 is 10.5 Å². The summed E-state index contributed by atoms with van der Waals surface area (Å²) in [7, 11) is 0. The number of thioether (sulfide) groups is 1. The molecule has 2 N–H and O–H groups in total. The molecule has 1 unspecified atom stereocenters. The Hall–Kier alpha value is -0.740. The fourth-order valence-electron chi connectivity index (χ4n) is 1.16. The van der Waals surface area contributed by atoms with Crippen LogP contribution >= 0.6 is 24.0 Å². The first-order valence-corrected chi connectivity index (χ1v) is 5.34. The van der Waals surface area contributed by atoms with Crippen molar-refractivity contribution in [2.45, 2.75) is 11.0 Å². The summed E-state index contributed by atoms with van der Waals surface area (Å²) in [4.78, 5) is 1.59. The van der Waals surface area contributed by atoms with Crippen LogP contribution in [0.5, 0.6) is 5.75 Å². The zero-order valence-corrected chi connectivity index (χ0v) is 8.53. The zero-order chi connectivity index (χ0) is 9.26. The topological polar surface area (TPSA) is 35.2 Å². The van der Waals surface area contributed by atoms with Crippen LogP contribution in [0.4, 0.5) is 0 Å². The normalized spacial score (nSPS) is 20.2. The number of benzene rings is 1. The third kappa shape index (κ3) is 1.78. The number of fused-ring (bicyclic) bond motifs is 1. The monoisotopic (exact) mass is 211 g/mol. The third-order valence-corrected chi connectivity index (χ3v) is 3.21. The van der Waals surface area contributed by atoms with E-state index in [1.54, 1.807) is 11.8 Å². The highest BCUT2D eigenvalue weighted by Crippen LogP contribution is 2.34. The number of para-hydroxylation sites is 1.